The molecule has 2 aliphatic carbocycles. The predicted molar refractivity (Wildman–Crippen MR) is 95.3 cm³/mol. The maximum Gasteiger partial charge on any atom is 0.419 e. The van der Waals surface area contributed by atoms with E-state index in [2.05, 4.69) is 4.72 Å². The van der Waals surface area contributed by atoms with Gasteiger partial charge in [-0.25, -0.2) is 17.9 Å². The first-order valence-corrected chi connectivity index (χ1v) is 10.6. The number of benzene rings is 1. The minimum absolute atomic E-state index is 0.0400. The number of hydrogen-bond acceptors (Lipinski definition) is 4. The summed E-state index contributed by atoms with van der Waals surface area (Å²) in [5, 5.41) is 0.0935. The Morgan fingerprint density at radius 3 is 2.76 bits per heavy atom. The van der Waals surface area contributed by atoms with E-state index in [1.165, 1.54) is 36.0 Å². The minimum atomic E-state index is -3.75. The molecule has 2 bridgehead atoms. The van der Waals surface area contributed by atoms with Crippen LogP contribution in [0.25, 0.3) is 11.1 Å². The van der Waals surface area contributed by atoms with Gasteiger partial charge >= 0.3 is 5.76 Å². The molecule has 0 unspecified atom stereocenters. The van der Waals surface area contributed by atoms with Gasteiger partial charge in [0.2, 0.25) is 10.0 Å². The van der Waals surface area contributed by atoms with Crippen LogP contribution in [0.4, 0.5) is 0 Å². The number of rotatable bonds is 5. The molecule has 2 saturated carbocycles. The molecule has 2 fully saturated rings. The van der Waals surface area contributed by atoms with Gasteiger partial charge in [-0.1, -0.05) is 18.0 Å². The van der Waals surface area contributed by atoms with Gasteiger partial charge in [0.15, 0.2) is 5.58 Å². The van der Waals surface area contributed by atoms with Crippen LogP contribution < -0.4 is 10.5 Å². The van der Waals surface area contributed by atoms with Crippen LogP contribution in [0, 0.1) is 17.8 Å². The molecule has 4 rings (SSSR count). The normalized spacial score (nSPS) is 25.9. The van der Waals surface area contributed by atoms with E-state index in [4.69, 9.17) is 16.0 Å². The standard InChI is InChI=1S/C17H21ClN2O4S/c1-2-20-14-7-13(18)16(8-15(14)24-17(20)21)25(22,23)19-9-12-6-10-3-4-11(12)5-10/h7-8,10-12,19H,2-6,9H2,1H3/t10-,11-,12+/m0/s1. The number of fused-ring (bicyclic) bond motifs is 3. The van der Waals surface area contributed by atoms with Crippen molar-refractivity contribution in [3.63, 3.8) is 0 Å². The van der Waals surface area contributed by atoms with Crippen molar-refractivity contribution in [1.29, 1.82) is 0 Å². The Hall–Kier alpha value is -1.31. The number of aromatic nitrogens is 1. The summed E-state index contributed by atoms with van der Waals surface area (Å²) in [5.41, 5.74) is 0.737. The minimum Gasteiger partial charge on any atom is -0.408 e. The molecule has 1 aromatic carbocycles. The third-order valence-corrected chi connectivity index (χ3v) is 7.64. The molecule has 0 spiro atoms. The fourth-order valence-electron chi connectivity index (χ4n) is 4.49. The molecular formula is C17H21ClN2O4S. The largest absolute Gasteiger partial charge is 0.419 e. The van der Waals surface area contributed by atoms with Gasteiger partial charge in [-0.3, -0.25) is 4.57 Å². The summed E-state index contributed by atoms with van der Waals surface area (Å²) in [6.45, 7) is 2.68. The number of sulfonamides is 1. The van der Waals surface area contributed by atoms with Crippen molar-refractivity contribution in [2.24, 2.45) is 17.8 Å². The quantitative estimate of drug-likeness (QED) is 0.859. The fraction of sp³-hybridized carbons (Fsp3) is 0.588. The molecular weight excluding hydrogens is 364 g/mol. The topological polar surface area (TPSA) is 81.3 Å². The molecule has 2 aromatic rings. The summed E-state index contributed by atoms with van der Waals surface area (Å²) < 4.78 is 34.7. The van der Waals surface area contributed by atoms with Gasteiger partial charge in [-0.15, -0.1) is 0 Å². The van der Waals surface area contributed by atoms with Crippen LogP contribution in [0.15, 0.2) is 26.2 Å². The third-order valence-electron chi connectivity index (χ3n) is 5.75. The molecule has 1 heterocycles. The van der Waals surface area contributed by atoms with Gasteiger partial charge in [-0.2, -0.15) is 0 Å². The Morgan fingerprint density at radius 2 is 2.12 bits per heavy atom. The highest BCUT2D eigenvalue weighted by molar-refractivity contribution is 7.89. The molecule has 0 amide bonds. The fourth-order valence-corrected chi connectivity index (χ4v) is 6.12. The zero-order valence-electron chi connectivity index (χ0n) is 14.0. The maximum absolute atomic E-state index is 12.7. The molecule has 0 aliphatic heterocycles. The van der Waals surface area contributed by atoms with Crippen molar-refractivity contribution >= 4 is 32.7 Å². The van der Waals surface area contributed by atoms with Crippen LogP contribution >= 0.6 is 11.6 Å². The van der Waals surface area contributed by atoms with Gasteiger partial charge < -0.3 is 4.42 Å². The van der Waals surface area contributed by atoms with E-state index >= 15 is 0 Å². The Kier molecular flexibility index (Phi) is 4.21. The molecule has 1 N–H and O–H groups in total. The molecule has 1 aromatic heterocycles. The van der Waals surface area contributed by atoms with Gasteiger partial charge in [0.25, 0.3) is 0 Å². The van der Waals surface area contributed by atoms with Gasteiger partial charge in [0, 0.05) is 19.2 Å². The lowest BCUT2D eigenvalue weighted by atomic mass is 9.89. The van der Waals surface area contributed by atoms with Crippen molar-refractivity contribution in [2.75, 3.05) is 6.54 Å². The van der Waals surface area contributed by atoms with Crippen LogP contribution in [0.5, 0.6) is 0 Å². The van der Waals surface area contributed by atoms with E-state index in [0.717, 1.165) is 12.3 Å². The molecule has 3 atom stereocenters. The van der Waals surface area contributed by atoms with Crippen molar-refractivity contribution in [1.82, 2.24) is 9.29 Å². The number of hydrogen-bond donors (Lipinski definition) is 1. The Morgan fingerprint density at radius 1 is 1.32 bits per heavy atom. The summed E-state index contributed by atoms with van der Waals surface area (Å²) in [6, 6.07) is 2.83. The highest BCUT2D eigenvalue weighted by Crippen LogP contribution is 2.48. The van der Waals surface area contributed by atoms with Crippen LogP contribution in [-0.4, -0.2) is 19.5 Å². The van der Waals surface area contributed by atoms with Crippen LogP contribution in [0.3, 0.4) is 0 Å². The number of oxazole rings is 1. The maximum atomic E-state index is 12.7. The van der Waals surface area contributed by atoms with Crippen molar-refractivity contribution < 1.29 is 12.8 Å². The van der Waals surface area contributed by atoms with E-state index < -0.39 is 15.8 Å². The summed E-state index contributed by atoms with van der Waals surface area (Å²) in [5.74, 6) is 1.30. The molecule has 8 heteroatoms. The second-order valence-corrected chi connectivity index (χ2v) is 9.29. The van der Waals surface area contributed by atoms with Crippen molar-refractivity contribution in [3.05, 3.63) is 27.7 Å². The molecule has 136 valence electrons. The van der Waals surface area contributed by atoms with Gasteiger partial charge in [0.05, 0.1) is 10.5 Å². The highest BCUT2D eigenvalue weighted by Gasteiger charge is 2.39. The third kappa shape index (κ3) is 2.92. The summed E-state index contributed by atoms with van der Waals surface area (Å²) in [4.78, 5) is 11.8. The van der Waals surface area contributed by atoms with E-state index in [1.54, 1.807) is 0 Å². The zero-order chi connectivity index (χ0) is 17.8. The van der Waals surface area contributed by atoms with E-state index in [-0.39, 0.29) is 15.5 Å². The number of nitrogens with one attached hydrogen (secondary N) is 1. The Bertz CT molecular complexity index is 978. The molecule has 25 heavy (non-hydrogen) atoms. The SMILES string of the molecule is CCn1c(=O)oc2cc(S(=O)(=O)NC[C@H]3C[C@H]4CC[C@H]3C4)c(Cl)cc21. The number of aryl methyl sites for hydroxylation is 1. The average molecular weight is 385 g/mol. The first-order chi connectivity index (χ1) is 11.9. The van der Waals surface area contributed by atoms with Crippen LogP contribution in [0.1, 0.15) is 32.6 Å². The monoisotopic (exact) mass is 384 g/mol. The number of nitrogens with zero attached hydrogens (tertiary/aromatic N) is 1. The first-order valence-electron chi connectivity index (χ1n) is 8.71. The van der Waals surface area contributed by atoms with Gasteiger partial charge in [0.1, 0.15) is 4.90 Å². The lowest BCUT2D eigenvalue weighted by Gasteiger charge is -2.21. The second-order valence-electron chi connectivity index (χ2n) is 7.15. The van der Waals surface area contributed by atoms with Crippen molar-refractivity contribution in [3.8, 4) is 0 Å². The Labute approximate surface area is 151 Å². The average Bonchev–Trinajstić information content (AvgIpc) is 3.25. The Balaban J connectivity index is 1.61. The van der Waals surface area contributed by atoms with E-state index in [9.17, 15) is 13.2 Å². The first kappa shape index (κ1) is 17.1. The summed E-state index contributed by atoms with van der Waals surface area (Å²) in [7, 11) is -3.75. The number of halogens is 1. The summed E-state index contributed by atoms with van der Waals surface area (Å²) in [6.07, 6.45) is 4.83. The van der Waals surface area contributed by atoms with Gasteiger partial charge in [-0.05, 0) is 50.0 Å². The smallest absolute Gasteiger partial charge is 0.408 e. The molecule has 2 aliphatic rings. The summed E-state index contributed by atoms with van der Waals surface area (Å²) >= 11 is 6.21. The second kappa shape index (κ2) is 6.14. The van der Waals surface area contributed by atoms with Crippen LogP contribution in [-0.2, 0) is 16.6 Å². The van der Waals surface area contributed by atoms with Crippen molar-refractivity contribution in [2.45, 2.75) is 44.0 Å². The molecule has 0 saturated heterocycles. The molecule has 0 radical (unpaired) electrons. The lowest BCUT2D eigenvalue weighted by molar-refractivity contribution is 0.333. The predicted octanol–water partition coefficient (Wildman–Crippen LogP) is 2.98. The molecule has 6 nitrogen and oxygen atoms in total. The lowest BCUT2D eigenvalue weighted by Crippen LogP contribution is -2.31. The van der Waals surface area contributed by atoms with E-state index in [0.29, 0.717) is 30.4 Å². The van der Waals surface area contributed by atoms with Crippen LogP contribution in [0.2, 0.25) is 5.02 Å². The van der Waals surface area contributed by atoms with E-state index in [1.807, 2.05) is 6.92 Å². The zero-order valence-corrected chi connectivity index (χ0v) is 15.6. The highest BCUT2D eigenvalue weighted by atomic mass is 35.5.